The summed E-state index contributed by atoms with van der Waals surface area (Å²) in [6.45, 7) is 7.45. The molecule has 15 heavy (non-hydrogen) atoms. The predicted molar refractivity (Wildman–Crippen MR) is 68.6 cm³/mol. The third-order valence-electron chi connectivity index (χ3n) is 3.60. The van der Waals surface area contributed by atoms with Crippen molar-refractivity contribution in [2.24, 2.45) is 5.92 Å². The summed E-state index contributed by atoms with van der Waals surface area (Å²) in [5, 5.41) is 3.64. The van der Waals surface area contributed by atoms with E-state index in [0.29, 0.717) is 0 Å². The van der Waals surface area contributed by atoms with Crippen LogP contribution in [-0.2, 0) is 0 Å². The molecule has 88 valence electrons. The Kier molecular flexibility index (Phi) is 4.79. The zero-order valence-corrected chi connectivity index (χ0v) is 10.7. The molecule has 2 rings (SSSR count). The van der Waals surface area contributed by atoms with E-state index >= 15 is 0 Å². The summed E-state index contributed by atoms with van der Waals surface area (Å²) in [6, 6.07) is 0.738. The third kappa shape index (κ3) is 3.65. The fourth-order valence-corrected chi connectivity index (χ4v) is 3.88. The summed E-state index contributed by atoms with van der Waals surface area (Å²) in [5.41, 5.74) is 0. The standard InChI is InChI=1S/C12H24N2S/c1-2-12-9-14(6-3-5-13-12)8-11-4-7-15-10-11/h11-13H,2-10H2,1H3. The Bertz CT molecular complexity index is 180. The molecule has 2 atom stereocenters. The van der Waals surface area contributed by atoms with Gasteiger partial charge in [-0.1, -0.05) is 6.92 Å². The maximum absolute atomic E-state index is 3.64. The van der Waals surface area contributed by atoms with Gasteiger partial charge in [0.1, 0.15) is 0 Å². The average molecular weight is 228 g/mol. The van der Waals surface area contributed by atoms with Crippen LogP contribution in [0.15, 0.2) is 0 Å². The molecule has 0 aliphatic carbocycles. The summed E-state index contributed by atoms with van der Waals surface area (Å²) in [6.07, 6.45) is 4.05. The van der Waals surface area contributed by atoms with Crippen LogP contribution >= 0.6 is 11.8 Å². The van der Waals surface area contributed by atoms with Crippen molar-refractivity contribution in [2.75, 3.05) is 37.7 Å². The van der Waals surface area contributed by atoms with Crippen LogP contribution in [0.1, 0.15) is 26.2 Å². The van der Waals surface area contributed by atoms with Crippen LogP contribution in [0.3, 0.4) is 0 Å². The van der Waals surface area contributed by atoms with Crippen molar-refractivity contribution in [1.29, 1.82) is 0 Å². The van der Waals surface area contributed by atoms with Crippen molar-refractivity contribution < 1.29 is 0 Å². The minimum absolute atomic E-state index is 0.738. The van der Waals surface area contributed by atoms with Crippen LogP contribution in [0.4, 0.5) is 0 Å². The van der Waals surface area contributed by atoms with E-state index < -0.39 is 0 Å². The van der Waals surface area contributed by atoms with Gasteiger partial charge >= 0.3 is 0 Å². The van der Waals surface area contributed by atoms with E-state index in [1.807, 2.05) is 0 Å². The van der Waals surface area contributed by atoms with Crippen LogP contribution in [0, 0.1) is 5.92 Å². The highest BCUT2D eigenvalue weighted by Gasteiger charge is 2.21. The minimum Gasteiger partial charge on any atom is -0.313 e. The summed E-state index contributed by atoms with van der Waals surface area (Å²) in [7, 11) is 0. The zero-order chi connectivity index (χ0) is 10.5. The highest BCUT2D eigenvalue weighted by atomic mass is 32.2. The molecule has 1 N–H and O–H groups in total. The maximum atomic E-state index is 3.64. The van der Waals surface area contributed by atoms with Gasteiger partial charge in [-0.15, -0.1) is 0 Å². The van der Waals surface area contributed by atoms with Gasteiger partial charge in [0.05, 0.1) is 0 Å². The molecule has 2 unspecified atom stereocenters. The van der Waals surface area contributed by atoms with E-state index in [0.717, 1.165) is 12.0 Å². The van der Waals surface area contributed by atoms with Crippen molar-refractivity contribution in [3.05, 3.63) is 0 Å². The Morgan fingerprint density at radius 2 is 2.40 bits per heavy atom. The first-order chi connectivity index (χ1) is 7.38. The molecule has 0 aromatic rings. The Morgan fingerprint density at radius 3 is 3.13 bits per heavy atom. The zero-order valence-electron chi connectivity index (χ0n) is 9.87. The van der Waals surface area contributed by atoms with Crippen LogP contribution in [0.25, 0.3) is 0 Å². The lowest BCUT2D eigenvalue weighted by molar-refractivity contribution is 0.233. The van der Waals surface area contributed by atoms with Gasteiger partial charge in [-0.3, -0.25) is 0 Å². The van der Waals surface area contributed by atoms with Gasteiger partial charge in [-0.2, -0.15) is 11.8 Å². The molecule has 0 saturated carbocycles. The molecule has 0 aromatic carbocycles. The molecular weight excluding hydrogens is 204 g/mol. The highest BCUT2D eigenvalue weighted by Crippen LogP contribution is 2.24. The molecule has 2 nitrogen and oxygen atoms in total. The second-order valence-electron chi connectivity index (χ2n) is 4.90. The first kappa shape index (κ1) is 11.7. The predicted octanol–water partition coefficient (Wildman–Crippen LogP) is 1.81. The van der Waals surface area contributed by atoms with Gasteiger partial charge in [0.2, 0.25) is 0 Å². The van der Waals surface area contributed by atoms with E-state index in [1.54, 1.807) is 0 Å². The molecule has 2 heterocycles. The first-order valence-electron chi connectivity index (χ1n) is 6.42. The number of hydrogen-bond acceptors (Lipinski definition) is 3. The molecule has 2 fully saturated rings. The first-order valence-corrected chi connectivity index (χ1v) is 7.57. The topological polar surface area (TPSA) is 15.3 Å². The van der Waals surface area contributed by atoms with Gasteiger partial charge in [0, 0.05) is 19.1 Å². The summed E-state index contributed by atoms with van der Waals surface area (Å²) in [4.78, 5) is 2.70. The normalized spacial score (nSPS) is 34.2. The molecule has 0 radical (unpaired) electrons. The quantitative estimate of drug-likeness (QED) is 0.793. The maximum Gasteiger partial charge on any atom is 0.0192 e. The van der Waals surface area contributed by atoms with Gasteiger partial charge < -0.3 is 10.2 Å². The molecule has 3 heteroatoms. The Hall–Kier alpha value is 0.270. The van der Waals surface area contributed by atoms with Gasteiger partial charge in [0.15, 0.2) is 0 Å². The lowest BCUT2D eigenvalue weighted by Gasteiger charge is -2.26. The number of thioether (sulfide) groups is 1. The molecular formula is C12H24N2S. The van der Waals surface area contributed by atoms with E-state index in [2.05, 4.69) is 28.9 Å². The van der Waals surface area contributed by atoms with Gasteiger partial charge in [0.25, 0.3) is 0 Å². The molecule has 2 aliphatic heterocycles. The lowest BCUT2D eigenvalue weighted by Crippen LogP contribution is -2.39. The van der Waals surface area contributed by atoms with Crippen molar-refractivity contribution >= 4 is 11.8 Å². The van der Waals surface area contributed by atoms with Gasteiger partial charge in [-0.05, 0) is 49.8 Å². The number of nitrogens with zero attached hydrogens (tertiary/aromatic N) is 1. The second-order valence-corrected chi connectivity index (χ2v) is 6.05. The van der Waals surface area contributed by atoms with Crippen LogP contribution in [0.5, 0.6) is 0 Å². The van der Waals surface area contributed by atoms with E-state index in [1.165, 1.54) is 56.9 Å². The molecule has 2 aliphatic rings. The van der Waals surface area contributed by atoms with Crippen LogP contribution in [0.2, 0.25) is 0 Å². The summed E-state index contributed by atoms with van der Waals surface area (Å²) < 4.78 is 0. The molecule has 0 aromatic heterocycles. The average Bonchev–Trinajstić information content (AvgIpc) is 2.64. The molecule has 0 amide bonds. The molecule has 2 saturated heterocycles. The fourth-order valence-electron chi connectivity index (χ4n) is 2.61. The van der Waals surface area contributed by atoms with Crippen molar-refractivity contribution in [2.45, 2.75) is 32.2 Å². The summed E-state index contributed by atoms with van der Waals surface area (Å²) in [5.74, 6) is 3.78. The van der Waals surface area contributed by atoms with Crippen molar-refractivity contribution in [3.8, 4) is 0 Å². The lowest BCUT2D eigenvalue weighted by atomic mass is 10.1. The highest BCUT2D eigenvalue weighted by molar-refractivity contribution is 7.99. The molecule has 0 spiro atoms. The second kappa shape index (κ2) is 6.12. The van der Waals surface area contributed by atoms with Crippen LogP contribution in [-0.4, -0.2) is 48.6 Å². The third-order valence-corrected chi connectivity index (χ3v) is 4.83. The Balaban J connectivity index is 1.78. The van der Waals surface area contributed by atoms with E-state index in [4.69, 9.17) is 0 Å². The van der Waals surface area contributed by atoms with Crippen molar-refractivity contribution in [1.82, 2.24) is 10.2 Å². The number of hydrogen-bond donors (Lipinski definition) is 1. The Labute approximate surface area is 98.2 Å². The molecule has 0 bridgehead atoms. The van der Waals surface area contributed by atoms with E-state index in [-0.39, 0.29) is 0 Å². The smallest absolute Gasteiger partial charge is 0.0192 e. The van der Waals surface area contributed by atoms with Crippen LogP contribution < -0.4 is 5.32 Å². The monoisotopic (exact) mass is 228 g/mol. The Morgan fingerprint density at radius 1 is 1.47 bits per heavy atom. The van der Waals surface area contributed by atoms with E-state index in [9.17, 15) is 0 Å². The fraction of sp³-hybridized carbons (Fsp3) is 1.00. The summed E-state index contributed by atoms with van der Waals surface area (Å²) >= 11 is 2.14. The minimum atomic E-state index is 0.738. The van der Waals surface area contributed by atoms with Gasteiger partial charge in [-0.25, -0.2) is 0 Å². The largest absolute Gasteiger partial charge is 0.313 e. The van der Waals surface area contributed by atoms with Crippen molar-refractivity contribution in [3.63, 3.8) is 0 Å². The number of nitrogens with one attached hydrogen (secondary N) is 1. The number of rotatable bonds is 3. The SMILES string of the molecule is CCC1CN(CC2CCSC2)CCCN1.